The Balaban J connectivity index is 1.86. The van der Waals surface area contributed by atoms with Gasteiger partial charge in [0, 0.05) is 31.6 Å². The lowest BCUT2D eigenvalue weighted by Gasteiger charge is -2.23. The van der Waals surface area contributed by atoms with Crippen LogP contribution < -0.4 is 5.32 Å². The molecule has 0 aromatic carbocycles. The Morgan fingerprint density at radius 2 is 2.44 bits per heavy atom. The Hall–Kier alpha value is -1.03. The van der Waals surface area contributed by atoms with Crippen molar-refractivity contribution < 1.29 is 4.74 Å². The van der Waals surface area contributed by atoms with Gasteiger partial charge in [0.15, 0.2) is 0 Å². The second-order valence-electron chi connectivity index (χ2n) is 4.62. The van der Waals surface area contributed by atoms with Crippen LogP contribution in [0.3, 0.4) is 0 Å². The fourth-order valence-electron chi connectivity index (χ4n) is 2.04. The van der Waals surface area contributed by atoms with Crippen molar-refractivity contribution in [3.63, 3.8) is 0 Å². The molecule has 0 bridgehead atoms. The summed E-state index contributed by atoms with van der Waals surface area (Å²) in [6.45, 7) is 6.09. The van der Waals surface area contributed by atoms with Crippen molar-refractivity contribution in [1.82, 2.24) is 9.55 Å². The van der Waals surface area contributed by atoms with Crippen molar-refractivity contribution in [3.05, 3.63) is 12.4 Å². The minimum Gasteiger partial charge on any atom is -0.376 e. The van der Waals surface area contributed by atoms with Crippen molar-refractivity contribution >= 4 is 5.95 Å². The first-order valence-electron chi connectivity index (χ1n) is 6.15. The number of rotatable bonds is 4. The van der Waals surface area contributed by atoms with Crippen LogP contribution in [0.15, 0.2) is 12.4 Å². The van der Waals surface area contributed by atoms with E-state index in [9.17, 15) is 0 Å². The molecule has 1 aromatic rings. The number of anilines is 1. The van der Waals surface area contributed by atoms with E-state index in [1.807, 2.05) is 12.4 Å². The summed E-state index contributed by atoms with van der Waals surface area (Å²) in [5, 5.41) is 3.37. The lowest BCUT2D eigenvalue weighted by Crippen LogP contribution is -2.28. The summed E-state index contributed by atoms with van der Waals surface area (Å²) >= 11 is 0. The molecule has 90 valence electrons. The maximum Gasteiger partial charge on any atom is 0.203 e. The largest absolute Gasteiger partial charge is 0.376 e. The van der Waals surface area contributed by atoms with E-state index >= 15 is 0 Å². The molecular formula is C12H21N3O. The molecule has 1 unspecified atom stereocenters. The standard InChI is InChI=1S/C12H21N3O/c1-10(2)15-7-6-13-12(15)14-9-11-5-3-4-8-16-11/h6-7,10-11H,3-5,8-9H2,1-2H3,(H,13,14). The van der Waals surface area contributed by atoms with Gasteiger partial charge in [-0.3, -0.25) is 0 Å². The minimum absolute atomic E-state index is 0.353. The summed E-state index contributed by atoms with van der Waals surface area (Å²) in [6.07, 6.45) is 7.85. The number of hydrogen-bond acceptors (Lipinski definition) is 3. The third-order valence-electron chi connectivity index (χ3n) is 2.99. The van der Waals surface area contributed by atoms with Gasteiger partial charge in [-0.2, -0.15) is 0 Å². The quantitative estimate of drug-likeness (QED) is 0.852. The summed E-state index contributed by atoms with van der Waals surface area (Å²) in [7, 11) is 0. The molecule has 1 atom stereocenters. The predicted molar refractivity (Wildman–Crippen MR) is 64.7 cm³/mol. The zero-order chi connectivity index (χ0) is 11.4. The molecule has 2 rings (SSSR count). The molecule has 0 aliphatic carbocycles. The van der Waals surface area contributed by atoms with Gasteiger partial charge in [-0.05, 0) is 33.1 Å². The van der Waals surface area contributed by atoms with Gasteiger partial charge < -0.3 is 14.6 Å². The van der Waals surface area contributed by atoms with E-state index in [4.69, 9.17) is 4.74 Å². The molecule has 0 spiro atoms. The molecule has 1 fully saturated rings. The van der Waals surface area contributed by atoms with Crippen LogP contribution in [0.4, 0.5) is 5.95 Å². The Bertz CT molecular complexity index is 316. The summed E-state index contributed by atoms with van der Waals surface area (Å²) < 4.78 is 7.82. The first-order valence-corrected chi connectivity index (χ1v) is 6.15. The highest BCUT2D eigenvalue weighted by atomic mass is 16.5. The van der Waals surface area contributed by atoms with Crippen LogP contribution in [0.2, 0.25) is 0 Å². The fourth-order valence-corrected chi connectivity index (χ4v) is 2.04. The summed E-state index contributed by atoms with van der Waals surface area (Å²) in [5.74, 6) is 0.948. The van der Waals surface area contributed by atoms with Crippen LogP contribution in [0.5, 0.6) is 0 Å². The van der Waals surface area contributed by atoms with Crippen LogP contribution in [0.25, 0.3) is 0 Å². The maximum atomic E-state index is 5.68. The van der Waals surface area contributed by atoms with Crippen LogP contribution in [0.1, 0.15) is 39.2 Å². The molecule has 0 saturated carbocycles. The molecular weight excluding hydrogens is 202 g/mol. The topological polar surface area (TPSA) is 39.1 Å². The molecule has 4 heteroatoms. The van der Waals surface area contributed by atoms with E-state index in [0.29, 0.717) is 12.1 Å². The second kappa shape index (κ2) is 5.34. The average Bonchev–Trinajstić information content (AvgIpc) is 2.76. The van der Waals surface area contributed by atoms with Crippen LogP contribution in [-0.2, 0) is 4.74 Å². The van der Waals surface area contributed by atoms with Gasteiger partial charge in [-0.25, -0.2) is 4.98 Å². The van der Waals surface area contributed by atoms with Crippen molar-refractivity contribution in [2.24, 2.45) is 0 Å². The van der Waals surface area contributed by atoms with E-state index < -0.39 is 0 Å². The Morgan fingerprint density at radius 1 is 1.56 bits per heavy atom. The molecule has 1 aliphatic heterocycles. The summed E-state index contributed by atoms with van der Waals surface area (Å²) in [5.41, 5.74) is 0. The van der Waals surface area contributed by atoms with Gasteiger partial charge in [0.05, 0.1) is 6.10 Å². The van der Waals surface area contributed by atoms with Gasteiger partial charge in [0.1, 0.15) is 0 Å². The van der Waals surface area contributed by atoms with Gasteiger partial charge in [-0.15, -0.1) is 0 Å². The zero-order valence-electron chi connectivity index (χ0n) is 10.1. The van der Waals surface area contributed by atoms with E-state index in [1.165, 1.54) is 12.8 Å². The lowest BCUT2D eigenvalue weighted by atomic mass is 10.1. The highest BCUT2D eigenvalue weighted by Crippen LogP contribution is 2.15. The predicted octanol–water partition coefficient (Wildman–Crippen LogP) is 2.45. The van der Waals surface area contributed by atoms with Crippen molar-refractivity contribution in [2.75, 3.05) is 18.5 Å². The molecule has 2 heterocycles. The number of hydrogen-bond donors (Lipinski definition) is 1. The summed E-state index contributed by atoms with van der Waals surface area (Å²) in [6, 6.07) is 0.442. The fraction of sp³-hybridized carbons (Fsp3) is 0.750. The van der Waals surface area contributed by atoms with Gasteiger partial charge >= 0.3 is 0 Å². The SMILES string of the molecule is CC(C)n1ccnc1NCC1CCCCO1. The molecule has 4 nitrogen and oxygen atoms in total. The Labute approximate surface area is 97.0 Å². The normalized spacial score (nSPS) is 21.3. The molecule has 1 N–H and O–H groups in total. The maximum absolute atomic E-state index is 5.68. The molecule has 16 heavy (non-hydrogen) atoms. The van der Waals surface area contributed by atoms with Crippen molar-refractivity contribution in [1.29, 1.82) is 0 Å². The molecule has 1 aliphatic rings. The smallest absolute Gasteiger partial charge is 0.203 e. The first-order chi connectivity index (χ1) is 7.77. The Kier molecular flexibility index (Phi) is 3.83. The van der Waals surface area contributed by atoms with Crippen molar-refractivity contribution in [3.8, 4) is 0 Å². The number of imidazole rings is 1. The van der Waals surface area contributed by atoms with Gasteiger partial charge in [0.2, 0.25) is 5.95 Å². The molecule has 0 radical (unpaired) electrons. The third-order valence-corrected chi connectivity index (χ3v) is 2.99. The first kappa shape index (κ1) is 11.5. The highest BCUT2D eigenvalue weighted by molar-refractivity contribution is 5.26. The third kappa shape index (κ3) is 2.76. The Morgan fingerprint density at radius 3 is 3.12 bits per heavy atom. The van der Waals surface area contributed by atoms with Crippen LogP contribution >= 0.6 is 0 Å². The van der Waals surface area contributed by atoms with E-state index in [1.54, 1.807) is 0 Å². The van der Waals surface area contributed by atoms with E-state index in [2.05, 4.69) is 28.7 Å². The summed E-state index contributed by atoms with van der Waals surface area (Å²) in [4.78, 5) is 4.32. The van der Waals surface area contributed by atoms with E-state index in [-0.39, 0.29) is 0 Å². The van der Waals surface area contributed by atoms with Crippen LogP contribution in [-0.4, -0.2) is 28.8 Å². The lowest BCUT2D eigenvalue weighted by molar-refractivity contribution is 0.0246. The van der Waals surface area contributed by atoms with E-state index in [0.717, 1.165) is 25.5 Å². The highest BCUT2D eigenvalue weighted by Gasteiger charge is 2.14. The van der Waals surface area contributed by atoms with Gasteiger partial charge in [0.25, 0.3) is 0 Å². The zero-order valence-corrected chi connectivity index (χ0v) is 10.1. The average molecular weight is 223 g/mol. The van der Waals surface area contributed by atoms with Gasteiger partial charge in [-0.1, -0.05) is 0 Å². The molecule has 1 aromatic heterocycles. The monoisotopic (exact) mass is 223 g/mol. The molecule has 0 amide bonds. The number of nitrogens with zero attached hydrogens (tertiary/aromatic N) is 2. The van der Waals surface area contributed by atoms with Crippen molar-refractivity contribution in [2.45, 2.75) is 45.3 Å². The second-order valence-corrected chi connectivity index (χ2v) is 4.62. The number of nitrogens with one attached hydrogen (secondary N) is 1. The number of ether oxygens (including phenoxy) is 1. The minimum atomic E-state index is 0.353. The van der Waals surface area contributed by atoms with Crippen LogP contribution in [0, 0.1) is 0 Å². The number of aromatic nitrogens is 2. The molecule has 1 saturated heterocycles.